The molecule has 5 nitrogen and oxygen atoms in total. The number of aromatic nitrogens is 1. The molecule has 17 heavy (non-hydrogen) atoms. The fourth-order valence-corrected chi connectivity index (χ4v) is 1.07. The number of ether oxygens (including phenoxy) is 1. The number of hydrogen-bond donors (Lipinski definition) is 1. The smallest absolute Gasteiger partial charge is 0.317 e. The van der Waals surface area contributed by atoms with E-state index < -0.39 is 5.91 Å². The van der Waals surface area contributed by atoms with E-state index in [2.05, 4.69) is 16.8 Å². The Morgan fingerprint density at radius 2 is 2.24 bits per heavy atom. The molecular weight excluding hydrogens is 220 g/mol. The standard InChI is InChI=1S/C12H12N2O3/c1-2-17-11(15)5-3-4-9-6-10(12(13)16)8-14-7-9/h6-8H,2,5H2,1H3,(H2,13,16). The highest BCUT2D eigenvalue weighted by Gasteiger charge is 2.00. The summed E-state index contributed by atoms with van der Waals surface area (Å²) in [6.45, 7) is 2.06. The van der Waals surface area contributed by atoms with Gasteiger partial charge in [-0.15, -0.1) is 0 Å². The number of esters is 1. The van der Waals surface area contributed by atoms with Crippen LogP contribution in [0.5, 0.6) is 0 Å². The molecule has 0 aliphatic rings. The van der Waals surface area contributed by atoms with Crippen molar-refractivity contribution in [3.05, 3.63) is 29.6 Å². The third-order valence-corrected chi connectivity index (χ3v) is 1.79. The van der Waals surface area contributed by atoms with Crippen LogP contribution in [-0.4, -0.2) is 23.5 Å². The van der Waals surface area contributed by atoms with Crippen molar-refractivity contribution in [2.45, 2.75) is 13.3 Å². The number of carbonyl (C=O) groups is 2. The Hall–Kier alpha value is -2.35. The second-order valence-electron chi connectivity index (χ2n) is 3.11. The van der Waals surface area contributed by atoms with E-state index in [0.29, 0.717) is 12.2 Å². The topological polar surface area (TPSA) is 82.3 Å². The lowest BCUT2D eigenvalue weighted by Gasteiger charge is -1.96. The fourth-order valence-electron chi connectivity index (χ4n) is 1.07. The van der Waals surface area contributed by atoms with Crippen molar-refractivity contribution in [3.63, 3.8) is 0 Å². The number of primary amides is 1. The SMILES string of the molecule is CCOC(=O)CC#Cc1cncc(C(N)=O)c1. The third-order valence-electron chi connectivity index (χ3n) is 1.79. The maximum absolute atomic E-state index is 11.0. The van der Waals surface area contributed by atoms with E-state index in [1.807, 2.05) is 0 Å². The summed E-state index contributed by atoms with van der Waals surface area (Å²) in [7, 11) is 0. The summed E-state index contributed by atoms with van der Waals surface area (Å²) in [6.07, 6.45) is 2.86. The normalized spacial score (nSPS) is 9.00. The minimum absolute atomic E-state index is 0.00857. The Bertz CT molecular complexity index is 486. The van der Waals surface area contributed by atoms with E-state index in [0.717, 1.165) is 0 Å². The van der Waals surface area contributed by atoms with Gasteiger partial charge in [0, 0.05) is 18.0 Å². The fraction of sp³-hybridized carbons (Fsp3) is 0.250. The van der Waals surface area contributed by atoms with Crippen LogP contribution in [0.3, 0.4) is 0 Å². The highest BCUT2D eigenvalue weighted by Crippen LogP contribution is 2.00. The Kier molecular flexibility index (Phi) is 4.70. The van der Waals surface area contributed by atoms with Gasteiger partial charge in [-0.2, -0.15) is 0 Å². The molecule has 2 N–H and O–H groups in total. The van der Waals surface area contributed by atoms with E-state index in [-0.39, 0.29) is 18.0 Å². The predicted molar refractivity (Wildman–Crippen MR) is 60.9 cm³/mol. The molecular formula is C12H12N2O3. The highest BCUT2D eigenvalue weighted by atomic mass is 16.5. The van der Waals surface area contributed by atoms with Gasteiger partial charge in [0.1, 0.15) is 6.42 Å². The van der Waals surface area contributed by atoms with Gasteiger partial charge in [0.15, 0.2) is 0 Å². The van der Waals surface area contributed by atoms with Crippen molar-refractivity contribution in [3.8, 4) is 11.8 Å². The van der Waals surface area contributed by atoms with Gasteiger partial charge in [0.2, 0.25) is 5.91 Å². The molecule has 1 aromatic rings. The molecule has 0 aliphatic carbocycles. The zero-order chi connectivity index (χ0) is 12.7. The van der Waals surface area contributed by atoms with Gasteiger partial charge in [-0.05, 0) is 13.0 Å². The first kappa shape index (κ1) is 12.7. The first-order chi connectivity index (χ1) is 8.13. The van der Waals surface area contributed by atoms with Gasteiger partial charge in [-0.3, -0.25) is 14.6 Å². The Morgan fingerprint density at radius 3 is 2.88 bits per heavy atom. The van der Waals surface area contributed by atoms with Gasteiger partial charge in [-0.25, -0.2) is 0 Å². The molecule has 1 aromatic heterocycles. The van der Waals surface area contributed by atoms with E-state index in [1.54, 1.807) is 6.92 Å². The van der Waals surface area contributed by atoms with Crippen molar-refractivity contribution in [1.29, 1.82) is 0 Å². The maximum Gasteiger partial charge on any atom is 0.317 e. The molecule has 0 aromatic carbocycles. The molecule has 5 heteroatoms. The summed E-state index contributed by atoms with van der Waals surface area (Å²) in [5.74, 6) is 4.40. The Labute approximate surface area is 99.0 Å². The van der Waals surface area contributed by atoms with E-state index in [4.69, 9.17) is 10.5 Å². The Morgan fingerprint density at radius 1 is 1.47 bits per heavy atom. The number of nitrogens with zero attached hydrogens (tertiary/aromatic N) is 1. The van der Waals surface area contributed by atoms with Crippen LogP contribution >= 0.6 is 0 Å². The highest BCUT2D eigenvalue weighted by molar-refractivity contribution is 5.92. The zero-order valence-electron chi connectivity index (χ0n) is 9.40. The van der Waals surface area contributed by atoms with Gasteiger partial charge in [-0.1, -0.05) is 11.8 Å². The van der Waals surface area contributed by atoms with Crippen LogP contribution in [-0.2, 0) is 9.53 Å². The minimum atomic E-state index is -0.563. The summed E-state index contributed by atoms with van der Waals surface area (Å²) in [6, 6.07) is 1.52. The lowest BCUT2D eigenvalue weighted by molar-refractivity contribution is -0.141. The van der Waals surface area contributed by atoms with Crippen molar-refractivity contribution in [2.24, 2.45) is 5.73 Å². The van der Waals surface area contributed by atoms with Crippen LogP contribution in [0.4, 0.5) is 0 Å². The number of amides is 1. The van der Waals surface area contributed by atoms with Gasteiger partial charge < -0.3 is 10.5 Å². The molecule has 1 heterocycles. The molecule has 88 valence electrons. The van der Waals surface area contributed by atoms with E-state index in [9.17, 15) is 9.59 Å². The lowest BCUT2D eigenvalue weighted by Crippen LogP contribution is -2.11. The monoisotopic (exact) mass is 232 g/mol. The molecule has 1 amide bonds. The second-order valence-corrected chi connectivity index (χ2v) is 3.11. The average molecular weight is 232 g/mol. The number of nitrogens with two attached hydrogens (primary N) is 1. The molecule has 0 saturated carbocycles. The molecule has 1 rings (SSSR count). The van der Waals surface area contributed by atoms with Crippen molar-refractivity contribution in [1.82, 2.24) is 4.98 Å². The van der Waals surface area contributed by atoms with E-state index >= 15 is 0 Å². The molecule has 0 aliphatic heterocycles. The molecule has 0 radical (unpaired) electrons. The van der Waals surface area contributed by atoms with Crippen molar-refractivity contribution in [2.75, 3.05) is 6.61 Å². The van der Waals surface area contributed by atoms with Crippen molar-refractivity contribution < 1.29 is 14.3 Å². The summed E-state index contributed by atoms with van der Waals surface area (Å²) < 4.78 is 4.71. The number of carbonyl (C=O) groups excluding carboxylic acids is 2. The number of pyridine rings is 1. The molecule has 0 unspecified atom stereocenters. The summed E-state index contributed by atoms with van der Waals surface area (Å²) >= 11 is 0. The van der Waals surface area contributed by atoms with Crippen LogP contribution in [0.15, 0.2) is 18.5 Å². The van der Waals surface area contributed by atoms with Crippen LogP contribution in [0, 0.1) is 11.8 Å². The third kappa shape index (κ3) is 4.34. The average Bonchev–Trinajstić information content (AvgIpc) is 2.30. The first-order valence-corrected chi connectivity index (χ1v) is 5.03. The zero-order valence-corrected chi connectivity index (χ0v) is 9.40. The van der Waals surface area contributed by atoms with E-state index in [1.165, 1.54) is 18.5 Å². The van der Waals surface area contributed by atoms with Gasteiger partial charge >= 0.3 is 5.97 Å². The van der Waals surface area contributed by atoms with Gasteiger partial charge in [0.05, 0.1) is 12.2 Å². The van der Waals surface area contributed by atoms with Crippen LogP contribution in [0.25, 0.3) is 0 Å². The number of hydrogen-bond acceptors (Lipinski definition) is 4. The Balaban J connectivity index is 2.69. The molecule has 0 atom stereocenters. The molecule has 0 fully saturated rings. The minimum Gasteiger partial charge on any atom is -0.465 e. The largest absolute Gasteiger partial charge is 0.465 e. The quantitative estimate of drug-likeness (QED) is 0.607. The van der Waals surface area contributed by atoms with Crippen LogP contribution < -0.4 is 5.73 Å². The summed E-state index contributed by atoms with van der Waals surface area (Å²) in [4.78, 5) is 25.7. The van der Waals surface area contributed by atoms with Crippen molar-refractivity contribution >= 4 is 11.9 Å². The van der Waals surface area contributed by atoms with Gasteiger partial charge in [0.25, 0.3) is 0 Å². The summed E-state index contributed by atoms with van der Waals surface area (Å²) in [5.41, 5.74) is 5.92. The number of rotatable bonds is 3. The lowest BCUT2D eigenvalue weighted by atomic mass is 10.2. The molecule has 0 bridgehead atoms. The predicted octanol–water partition coefficient (Wildman–Crippen LogP) is 0.485. The maximum atomic E-state index is 11.0. The second kappa shape index (κ2) is 6.28. The molecule has 0 saturated heterocycles. The summed E-state index contributed by atoms with van der Waals surface area (Å²) in [5, 5.41) is 0. The van der Waals surface area contributed by atoms with Crippen LogP contribution in [0.1, 0.15) is 29.3 Å². The first-order valence-electron chi connectivity index (χ1n) is 5.03. The molecule has 0 spiro atoms. The van der Waals surface area contributed by atoms with Crippen LogP contribution in [0.2, 0.25) is 0 Å².